The van der Waals surface area contributed by atoms with E-state index in [1.165, 1.54) is 0 Å². The molecule has 4 rings (SSSR count). The first-order valence-electron chi connectivity index (χ1n) is 7.87. The molecule has 0 aliphatic carbocycles. The monoisotopic (exact) mass is 309 g/mol. The molecule has 0 radical (unpaired) electrons. The third-order valence-electron chi connectivity index (χ3n) is 4.21. The van der Waals surface area contributed by atoms with Gasteiger partial charge in [0.25, 0.3) is 5.78 Å². The molecule has 1 atom stereocenters. The highest BCUT2D eigenvalue weighted by Crippen LogP contribution is 2.24. The van der Waals surface area contributed by atoms with Crippen molar-refractivity contribution in [3.8, 4) is 0 Å². The number of fused-ring (bicyclic) bond motifs is 1. The predicted octanol–water partition coefficient (Wildman–Crippen LogP) is 1.77. The summed E-state index contributed by atoms with van der Waals surface area (Å²) in [6.45, 7) is 4.94. The van der Waals surface area contributed by atoms with Gasteiger partial charge in [-0.15, -0.1) is 0 Å². The number of pyridine rings is 1. The zero-order valence-corrected chi connectivity index (χ0v) is 13.1. The molecular formula is C16H19N7. The Balaban J connectivity index is 1.46. The summed E-state index contributed by atoms with van der Waals surface area (Å²) in [5, 5.41) is 7.72. The van der Waals surface area contributed by atoms with E-state index in [2.05, 4.69) is 36.3 Å². The van der Waals surface area contributed by atoms with Crippen LogP contribution >= 0.6 is 0 Å². The Hall–Kier alpha value is -2.70. The molecule has 0 aromatic carbocycles. The number of anilines is 2. The van der Waals surface area contributed by atoms with Crippen molar-refractivity contribution in [1.82, 2.24) is 24.6 Å². The highest BCUT2D eigenvalue weighted by atomic mass is 15.4. The van der Waals surface area contributed by atoms with Crippen LogP contribution in [0, 0.1) is 12.8 Å². The van der Waals surface area contributed by atoms with Crippen molar-refractivity contribution < 1.29 is 0 Å². The molecular weight excluding hydrogens is 290 g/mol. The maximum Gasteiger partial charge on any atom is 0.254 e. The molecule has 0 bridgehead atoms. The number of aromatic nitrogens is 5. The van der Waals surface area contributed by atoms with Crippen molar-refractivity contribution in [2.24, 2.45) is 5.92 Å². The summed E-state index contributed by atoms with van der Waals surface area (Å²) < 4.78 is 1.82. The maximum absolute atomic E-state index is 4.40. The number of aryl methyl sites for hydroxylation is 1. The first-order chi connectivity index (χ1) is 11.3. The summed E-state index contributed by atoms with van der Waals surface area (Å²) in [6.07, 6.45) is 4.52. The molecule has 1 saturated heterocycles. The lowest BCUT2D eigenvalue weighted by Crippen LogP contribution is -2.25. The van der Waals surface area contributed by atoms with Crippen molar-refractivity contribution in [3.63, 3.8) is 0 Å². The second-order valence-corrected chi connectivity index (χ2v) is 5.92. The lowest BCUT2D eigenvalue weighted by Gasteiger charge is -2.19. The smallest absolute Gasteiger partial charge is 0.254 e. The fourth-order valence-electron chi connectivity index (χ4n) is 3.06. The Morgan fingerprint density at radius 1 is 1.30 bits per heavy atom. The summed E-state index contributed by atoms with van der Waals surface area (Å²) >= 11 is 0. The Labute approximate surface area is 134 Å². The van der Waals surface area contributed by atoms with Gasteiger partial charge in [-0.1, -0.05) is 6.07 Å². The average Bonchev–Trinajstić information content (AvgIpc) is 3.22. The molecule has 1 fully saturated rings. The first-order valence-corrected chi connectivity index (χ1v) is 7.87. The van der Waals surface area contributed by atoms with Crippen molar-refractivity contribution >= 4 is 17.4 Å². The molecule has 0 spiro atoms. The van der Waals surface area contributed by atoms with Gasteiger partial charge in [-0.25, -0.2) is 9.97 Å². The van der Waals surface area contributed by atoms with Crippen LogP contribution in [0.15, 0.2) is 36.8 Å². The SMILES string of the molecule is Cc1cc(N2CCC(CNc3ccccn3)C2)n2ncnc2n1. The number of rotatable bonds is 4. The van der Waals surface area contributed by atoms with Gasteiger partial charge in [0.2, 0.25) is 0 Å². The van der Waals surface area contributed by atoms with Crippen LogP contribution in [0.2, 0.25) is 0 Å². The number of nitrogens with zero attached hydrogens (tertiary/aromatic N) is 6. The van der Waals surface area contributed by atoms with Crippen LogP contribution in [-0.2, 0) is 0 Å². The van der Waals surface area contributed by atoms with Gasteiger partial charge in [0, 0.05) is 37.6 Å². The van der Waals surface area contributed by atoms with Crippen LogP contribution in [0.25, 0.3) is 5.78 Å². The summed E-state index contributed by atoms with van der Waals surface area (Å²) in [5.74, 6) is 3.26. The van der Waals surface area contributed by atoms with Crippen molar-refractivity contribution in [1.29, 1.82) is 0 Å². The van der Waals surface area contributed by atoms with E-state index in [1.54, 1.807) is 6.33 Å². The topological polar surface area (TPSA) is 71.2 Å². The maximum atomic E-state index is 4.40. The summed E-state index contributed by atoms with van der Waals surface area (Å²) in [7, 11) is 0. The Morgan fingerprint density at radius 3 is 3.13 bits per heavy atom. The minimum Gasteiger partial charge on any atom is -0.370 e. The zero-order chi connectivity index (χ0) is 15.6. The van der Waals surface area contributed by atoms with E-state index < -0.39 is 0 Å². The minimum absolute atomic E-state index is 0.587. The Bertz CT molecular complexity index is 799. The van der Waals surface area contributed by atoms with E-state index in [0.717, 1.165) is 43.4 Å². The van der Waals surface area contributed by atoms with E-state index in [0.29, 0.717) is 11.7 Å². The normalized spacial score (nSPS) is 17.8. The van der Waals surface area contributed by atoms with Crippen LogP contribution < -0.4 is 10.2 Å². The van der Waals surface area contributed by atoms with Gasteiger partial charge in [0.1, 0.15) is 18.0 Å². The molecule has 0 amide bonds. The molecule has 118 valence electrons. The summed E-state index contributed by atoms with van der Waals surface area (Å²) in [6, 6.07) is 8.00. The zero-order valence-electron chi connectivity index (χ0n) is 13.1. The number of hydrogen-bond donors (Lipinski definition) is 1. The lowest BCUT2D eigenvalue weighted by molar-refractivity contribution is 0.620. The quantitative estimate of drug-likeness (QED) is 0.792. The van der Waals surface area contributed by atoms with Crippen molar-refractivity contribution in [3.05, 3.63) is 42.5 Å². The van der Waals surface area contributed by atoms with Gasteiger partial charge in [0.05, 0.1) is 0 Å². The highest BCUT2D eigenvalue weighted by molar-refractivity contribution is 5.48. The number of nitrogens with one attached hydrogen (secondary N) is 1. The molecule has 7 heteroatoms. The van der Waals surface area contributed by atoms with E-state index >= 15 is 0 Å². The van der Waals surface area contributed by atoms with Gasteiger partial charge in [0.15, 0.2) is 0 Å². The van der Waals surface area contributed by atoms with Crippen molar-refractivity contribution in [2.45, 2.75) is 13.3 Å². The van der Waals surface area contributed by atoms with Gasteiger partial charge < -0.3 is 10.2 Å². The van der Waals surface area contributed by atoms with Gasteiger partial charge in [-0.2, -0.15) is 14.6 Å². The van der Waals surface area contributed by atoms with E-state index in [9.17, 15) is 0 Å². The summed E-state index contributed by atoms with van der Waals surface area (Å²) in [5.41, 5.74) is 0.968. The second-order valence-electron chi connectivity index (χ2n) is 5.92. The molecule has 1 aliphatic heterocycles. The van der Waals surface area contributed by atoms with Crippen LogP contribution in [-0.4, -0.2) is 44.2 Å². The fraction of sp³-hybridized carbons (Fsp3) is 0.375. The van der Waals surface area contributed by atoms with E-state index in [1.807, 2.05) is 35.8 Å². The number of hydrogen-bond acceptors (Lipinski definition) is 6. The van der Waals surface area contributed by atoms with E-state index in [-0.39, 0.29) is 0 Å². The van der Waals surface area contributed by atoms with Gasteiger partial charge in [-0.05, 0) is 31.4 Å². The third-order valence-corrected chi connectivity index (χ3v) is 4.21. The van der Waals surface area contributed by atoms with Gasteiger partial charge in [-0.3, -0.25) is 0 Å². The standard InChI is InChI=1S/C16H19N7/c1-12-8-15(23-16(21-12)19-11-20-23)22-7-5-13(10-22)9-18-14-4-2-3-6-17-14/h2-4,6,8,11,13H,5,7,9-10H2,1H3,(H,17,18). The van der Waals surface area contributed by atoms with Crippen molar-refractivity contribution in [2.75, 3.05) is 29.9 Å². The molecule has 1 N–H and O–H groups in total. The molecule has 1 aliphatic rings. The molecule has 4 heterocycles. The molecule has 23 heavy (non-hydrogen) atoms. The van der Waals surface area contributed by atoms with Crippen LogP contribution in [0.1, 0.15) is 12.1 Å². The van der Waals surface area contributed by atoms with E-state index in [4.69, 9.17) is 0 Å². The molecule has 3 aromatic rings. The van der Waals surface area contributed by atoms with Crippen LogP contribution in [0.3, 0.4) is 0 Å². The largest absolute Gasteiger partial charge is 0.370 e. The van der Waals surface area contributed by atoms with Gasteiger partial charge >= 0.3 is 0 Å². The Kier molecular flexibility index (Phi) is 3.53. The minimum atomic E-state index is 0.587. The van der Waals surface area contributed by atoms with Crippen LogP contribution in [0.5, 0.6) is 0 Å². The fourth-order valence-corrected chi connectivity index (χ4v) is 3.06. The predicted molar refractivity (Wildman–Crippen MR) is 88.6 cm³/mol. The molecule has 7 nitrogen and oxygen atoms in total. The first kappa shape index (κ1) is 13.9. The van der Waals surface area contributed by atoms with Crippen LogP contribution in [0.4, 0.5) is 11.6 Å². The lowest BCUT2D eigenvalue weighted by atomic mass is 10.1. The third kappa shape index (κ3) is 2.81. The molecule has 0 saturated carbocycles. The summed E-state index contributed by atoms with van der Waals surface area (Å²) in [4.78, 5) is 15.3. The Morgan fingerprint density at radius 2 is 2.26 bits per heavy atom. The molecule has 1 unspecified atom stereocenters. The molecule has 3 aromatic heterocycles. The second kappa shape index (κ2) is 5.83. The highest BCUT2D eigenvalue weighted by Gasteiger charge is 2.25. The average molecular weight is 309 g/mol.